The van der Waals surface area contributed by atoms with Crippen LogP contribution in [0, 0.1) is 5.82 Å². The Morgan fingerprint density at radius 1 is 1.27 bits per heavy atom. The molecule has 22 heavy (non-hydrogen) atoms. The largest absolute Gasteiger partial charge is 0.481 e. The summed E-state index contributed by atoms with van der Waals surface area (Å²) in [6.45, 7) is 1.77. The maximum Gasteiger partial charge on any atom is 0.312 e. The second-order valence-corrected chi connectivity index (χ2v) is 4.76. The fourth-order valence-electron chi connectivity index (χ4n) is 2.15. The summed E-state index contributed by atoms with van der Waals surface area (Å²) in [7, 11) is 0. The van der Waals surface area contributed by atoms with Crippen molar-refractivity contribution in [3.63, 3.8) is 0 Å². The van der Waals surface area contributed by atoms with Crippen LogP contribution in [0.2, 0.25) is 0 Å². The van der Waals surface area contributed by atoms with E-state index in [1.807, 2.05) is 6.92 Å². The normalized spacial score (nSPS) is 11.9. The highest BCUT2D eigenvalue weighted by molar-refractivity contribution is 5.95. The van der Waals surface area contributed by atoms with Crippen molar-refractivity contribution in [2.24, 2.45) is 0 Å². The Morgan fingerprint density at radius 2 is 1.95 bits per heavy atom. The molecule has 0 aliphatic carbocycles. The second kappa shape index (κ2) is 6.89. The van der Waals surface area contributed by atoms with E-state index in [0.29, 0.717) is 23.3 Å². The molecular weight excluding hydrogens is 289 g/mol. The van der Waals surface area contributed by atoms with E-state index >= 15 is 0 Å². The zero-order valence-electron chi connectivity index (χ0n) is 12.0. The lowest BCUT2D eigenvalue weighted by Gasteiger charge is -2.13. The van der Waals surface area contributed by atoms with Crippen LogP contribution in [0.15, 0.2) is 41.0 Å². The number of nitrogens with one attached hydrogen (secondary N) is 1. The lowest BCUT2D eigenvalue weighted by Crippen LogP contribution is -2.32. The predicted octanol–water partition coefficient (Wildman–Crippen LogP) is 2.58. The molecule has 0 aliphatic rings. The van der Waals surface area contributed by atoms with E-state index in [0.717, 1.165) is 0 Å². The van der Waals surface area contributed by atoms with Crippen molar-refractivity contribution in [2.45, 2.75) is 19.3 Å². The SMILES string of the molecule is CCc1occc1C(=O)NCC(C(=O)O)c1ccc(F)cc1. The molecule has 1 aromatic carbocycles. The Hall–Kier alpha value is -2.63. The molecule has 1 heterocycles. The van der Waals surface area contributed by atoms with Crippen LogP contribution in [0.1, 0.15) is 34.5 Å². The molecule has 2 N–H and O–H groups in total. The van der Waals surface area contributed by atoms with Crippen LogP contribution in [0.5, 0.6) is 0 Å². The molecule has 1 atom stereocenters. The summed E-state index contributed by atoms with van der Waals surface area (Å²) in [6, 6.07) is 6.73. The third-order valence-electron chi connectivity index (χ3n) is 3.35. The highest BCUT2D eigenvalue weighted by Gasteiger charge is 2.22. The topological polar surface area (TPSA) is 79.5 Å². The third kappa shape index (κ3) is 3.52. The summed E-state index contributed by atoms with van der Waals surface area (Å²) < 4.78 is 18.1. The molecule has 0 spiro atoms. The summed E-state index contributed by atoms with van der Waals surface area (Å²) in [4.78, 5) is 23.4. The number of carboxylic acids is 1. The minimum Gasteiger partial charge on any atom is -0.481 e. The number of hydrogen-bond acceptors (Lipinski definition) is 3. The number of halogens is 1. The van der Waals surface area contributed by atoms with Gasteiger partial charge in [-0.15, -0.1) is 0 Å². The number of furan rings is 1. The van der Waals surface area contributed by atoms with Gasteiger partial charge in [-0.25, -0.2) is 4.39 Å². The summed E-state index contributed by atoms with van der Waals surface area (Å²) in [6.07, 6.45) is 1.98. The van der Waals surface area contributed by atoms with Crippen molar-refractivity contribution in [1.82, 2.24) is 5.32 Å². The van der Waals surface area contributed by atoms with Gasteiger partial charge >= 0.3 is 5.97 Å². The van der Waals surface area contributed by atoms with Crippen molar-refractivity contribution < 1.29 is 23.5 Å². The molecule has 1 amide bonds. The first kappa shape index (κ1) is 15.8. The van der Waals surface area contributed by atoms with Crippen LogP contribution >= 0.6 is 0 Å². The van der Waals surface area contributed by atoms with Crippen LogP contribution in [0.3, 0.4) is 0 Å². The number of hydrogen-bond donors (Lipinski definition) is 2. The first-order chi connectivity index (χ1) is 10.5. The van der Waals surface area contributed by atoms with Crippen molar-refractivity contribution in [1.29, 1.82) is 0 Å². The molecule has 0 aliphatic heterocycles. The van der Waals surface area contributed by atoms with E-state index < -0.39 is 17.7 Å². The Bertz CT molecular complexity index is 663. The number of carbonyl (C=O) groups excluding carboxylic acids is 1. The zero-order valence-corrected chi connectivity index (χ0v) is 12.0. The van der Waals surface area contributed by atoms with Gasteiger partial charge in [0.05, 0.1) is 17.7 Å². The second-order valence-electron chi connectivity index (χ2n) is 4.76. The number of aliphatic carboxylic acids is 1. The van der Waals surface area contributed by atoms with Crippen LogP contribution in [0.25, 0.3) is 0 Å². The minimum absolute atomic E-state index is 0.0892. The zero-order chi connectivity index (χ0) is 16.1. The summed E-state index contributed by atoms with van der Waals surface area (Å²) in [5.41, 5.74) is 0.822. The molecule has 0 saturated heterocycles. The molecule has 2 rings (SSSR count). The minimum atomic E-state index is -1.09. The van der Waals surface area contributed by atoms with Gasteiger partial charge in [0.1, 0.15) is 11.6 Å². The quantitative estimate of drug-likeness (QED) is 0.859. The van der Waals surface area contributed by atoms with Crippen LogP contribution < -0.4 is 5.32 Å². The Balaban J connectivity index is 2.08. The van der Waals surface area contributed by atoms with Crippen LogP contribution in [-0.2, 0) is 11.2 Å². The number of benzene rings is 1. The van der Waals surface area contributed by atoms with E-state index in [9.17, 15) is 19.1 Å². The predicted molar refractivity (Wildman–Crippen MR) is 77.2 cm³/mol. The van der Waals surface area contributed by atoms with Crippen molar-refractivity contribution >= 4 is 11.9 Å². The molecule has 2 aromatic rings. The van der Waals surface area contributed by atoms with Gasteiger partial charge < -0.3 is 14.8 Å². The highest BCUT2D eigenvalue weighted by atomic mass is 19.1. The fraction of sp³-hybridized carbons (Fsp3) is 0.250. The summed E-state index contributed by atoms with van der Waals surface area (Å²) in [5.74, 6) is -2.32. The molecule has 5 nitrogen and oxygen atoms in total. The van der Waals surface area contributed by atoms with Crippen molar-refractivity contribution in [2.75, 3.05) is 6.54 Å². The molecule has 1 aromatic heterocycles. The van der Waals surface area contributed by atoms with E-state index in [4.69, 9.17) is 4.42 Å². The summed E-state index contributed by atoms with van der Waals surface area (Å²) >= 11 is 0. The molecule has 0 saturated carbocycles. The van der Waals surface area contributed by atoms with Crippen molar-refractivity contribution in [3.05, 3.63) is 59.3 Å². The number of carbonyl (C=O) groups is 2. The monoisotopic (exact) mass is 305 g/mol. The molecule has 0 radical (unpaired) electrons. The Morgan fingerprint density at radius 3 is 2.55 bits per heavy atom. The molecule has 6 heteroatoms. The average molecular weight is 305 g/mol. The van der Waals surface area contributed by atoms with Crippen molar-refractivity contribution in [3.8, 4) is 0 Å². The molecule has 0 bridgehead atoms. The smallest absolute Gasteiger partial charge is 0.312 e. The third-order valence-corrected chi connectivity index (χ3v) is 3.35. The van der Waals surface area contributed by atoms with E-state index in [1.54, 1.807) is 6.07 Å². The highest BCUT2D eigenvalue weighted by Crippen LogP contribution is 2.17. The molecular formula is C16H16FNO4. The number of aryl methyl sites for hydroxylation is 1. The van der Waals surface area contributed by atoms with E-state index in [-0.39, 0.29) is 12.5 Å². The van der Waals surface area contributed by atoms with Gasteiger partial charge in [-0.3, -0.25) is 9.59 Å². The van der Waals surface area contributed by atoms with Gasteiger partial charge in [0.2, 0.25) is 0 Å². The number of amides is 1. The van der Waals surface area contributed by atoms with E-state index in [2.05, 4.69) is 5.32 Å². The van der Waals surface area contributed by atoms with Crippen LogP contribution in [0.4, 0.5) is 4.39 Å². The molecule has 116 valence electrons. The first-order valence-corrected chi connectivity index (χ1v) is 6.85. The van der Waals surface area contributed by atoms with Crippen LogP contribution in [-0.4, -0.2) is 23.5 Å². The lowest BCUT2D eigenvalue weighted by atomic mass is 9.99. The van der Waals surface area contributed by atoms with E-state index in [1.165, 1.54) is 30.5 Å². The Labute approximate surface area is 126 Å². The number of rotatable bonds is 6. The fourth-order valence-corrected chi connectivity index (χ4v) is 2.15. The standard InChI is InChI=1S/C16H16FNO4/c1-2-14-12(7-8-22-14)15(19)18-9-13(16(20)21)10-3-5-11(17)6-4-10/h3-8,13H,2,9H2,1H3,(H,18,19)(H,20,21). The lowest BCUT2D eigenvalue weighted by molar-refractivity contribution is -0.138. The van der Waals surface area contributed by atoms with Gasteiger partial charge in [-0.2, -0.15) is 0 Å². The van der Waals surface area contributed by atoms with Gasteiger partial charge in [0, 0.05) is 13.0 Å². The molecule has 1 unspecified atom stereocenters. The van der Waals surface area contributed by atoms with Gasteiger partial charge in [-0.1, -0.05) is 19.1 Å². The average Bonchev–Trinajstić information content (AvgIpc) is 2.97. The summed E-state index contributed by atoms with van der Waals surface area (Å²) in [5, 5.41) is 11.9. The Kier molecular flexibility index (Phi) is 4.93. The first-order valence-electron chi connectivity index (χ1n) is 6.85. The maximum absolute atomic E-state index is 12.9. The molecule has 0 fully saturated rings. The number of carboxylic acid groups (broad SMARTS) is 1. The maximum atomic E-state index is 12.9. The van der Waals surface area contributed by atoms with Gasteiger partial charge in [-0.05, 0) is 23.8 Å². The van der Waals surface area contributed by atoms with Gasteiger partial charge in [0.15, 0.2) is 0 Å². The van der Waals surface area contributed by atoms with Gasteiger partial charge in [0.25, 0.3) is 5.91 Å².